The average molecular weight is 999 g/mol. The Morgan fingerprint density at radius 1 is 0.244 bits per heavy atom. The highest BCUT2D eigenvalue weighted by atomic mass is 15.1. The summed E-state index contributed by atoms with van der Waals surface area (Å²) < 4.78 is 4.48. The lowest BCUT2D eigenvalue weighted by atomic mass is 9.92. The number of hydrogen-bond donors (Lipinski definition) is 0. The number of nitrogens with zero attached hydrogens (tertiary/aromatic N) is 6. The van der Waals surface area contributed by atoms with Crippen LogP contribution in [0.3, 0.4) is 0 Å². The topological polar surface area (TPSA) is 61.4 Å². The molecule has 0 saturated carbocycles. The molecule has 0 unspecified atom stereocenters. The van der Waals surface area contributed by atoms with E-state index < -0.39 is 0 Å². The van der Waals surface area contributed by atoms with Crippen molar-refractivity contribution in [3.8, 4) is 101 Å². The first kappa shape index (κ1) is 46.2. The van der Waals surface area contributed by atoms with Crippen LogP contribution < -0.4 is 0 Å². The van der Waals surface area contributed by atoms with E-state index in [0.717, 1.165) is 134 Å². The number of imidazole rings is 2. The third-order valence-electron chi connectivity index (χ3n) is 14.9. The predicted molar refractivity (Wildman–Crippen MR) is 322 cm³/mol. The summed E-state index contributed by atoms with van der Waals surface area (Å²) >= 11 is 0. The molecule has 0 fully saturated rings. The van der Waals surface area contributed by atoms with Gasteiger partial charge < -0.3 is 0 Å². The van der Waals surface area contributed by atoms with Crippen LogP contribution in [0.2, 0.25) is 0 Å². The molecule has 0 aliphatic rings. The van der Waals surface area contributed by atoms with Gasteiger partial charge in [0.1, 0.15) is 11.6 Å². The first-order valence-electron chi connectivity index (χ1n) is 26.4. The maximum absolute atomic E-state index is 5.56. The Hall–Kier alpha value is -10.3. The Labute approximate surface area is 452 Å². The van der Waals surface area contributed by atoms with Gasteiger partial charge in [0.05, 0.1) is 44.5 Å². The van der Waals surface area contributed by atoms with Crippen LogP contribution in [0, 0.1) is 13.8 Å². The molecule has 0 amide bonds. The molecule has 3 aromatic heterocycles. The summed E-state index contributed by atoms with van der Waals surface area (Å²) in [6, 6.07) is 94.5. The maximum atomic E-state index is 5.56. The molecule has 368 valence electrons. The van der Waals surface area contributed by atoms with E-state index in [4.69, 9.17) is 19.9 Å². The van der Waals surface area contributed by atoms with E-state index in [-0.39, 0.29) is 0 Å². The van der Waals surface area contributed by atoms with E-state index in [1.807, 2.05) is 24.3 Å². The smallest absolute Gasteiger partial charge is 0.145 e. The van der Waals surface area contributed by atoms with Gasteiger partial charge in [-0.25, -0.2) is 19.9 Å². The molecule has 6 nitrogen and oxygen atoms in total. The van der Waals surface area contributed by atoms with Gasteiger partial charge in [0, 0.05) is 33.6 Å². The lowest BCUT2D eigenvalue weighted by Crippen LogP contribution is -1.98. The van der Waals surface area contributed by atoms with Crippen LogP contribution >= 0.6 is 0 Å². The molecule has 6 heteroatoms. The molecule has 0 aliphatic heterocycles. The first-order chi connectivity index (χ1) is 38.5. The molecule has 3 heterocycles. The zero-order valence-corrected chi connectivity index (χ0v) is 43.1. The fourth-order valence-electron chi connectivity index (χ4n) is 10.8. The molecule has 78 heavy (non-hydrogen) atoms. The maximum Gasteiger partial charge on any atom is 0.145 e. The first-order valence-corrected chi connectivity index (χ1v) is 26.4. The van der Waals surface area contributed by atoms with Gasteiger partial charge in [-0.15, -0.1) is 0 Å². The summed E-state index contributed by atoms with van der Waals surface area (Å²) in [5.74, 6) is 1.82. The van der Waals surface area contributed by atoms with E-state index in [0.29, 0.717) is 0 Å². The SMILES string of the molecule is Cc1ccc(-c2cc3nc(-c4ccc(-c5ccc(-c6nc7ccccc7n6-c6ccccc6)cc5)cc4)c(-c4ccc(-c5ccc(-c6nc7ccccc7n6-c6ccccc6)cc5)cc4)nc3cc2-c2ccc(C)cc2)cc1. The standard InChI is InChI=1S/C72H50N6/c1-47-21-25-53(26-22-47)61-45-65-66(46-62(61)54-27-23-48(2)24-28-54)74-70(56-39-31-50(32-40-56)52-35-43-58(44-36-52)72-76-64-18-10-12-20-68(64)78(72)60-15-7-4-8-16-60)69(73-65)55-37-29-49(30-38-55)51-33-41-57(42-34-51)71-75-63-17-9-11-19-67(63)77(71)59-13-5-3-6-14-59/h3-46H,1-2H3. The minimum atomic E-state index is 0.820. The Balaban J connectivity index is 0.842. The second-order valence-corrected chi connectivity index (χ2v) is 20.0. The van der Waals surface area contributed by atoms with Gasteiger partial charge in [0.15, 0.2) is 0 Å². The number of para-hydroxylation sites is 6. The zero-order chi connectivity index (χ0) is 52.1. The number of aryl methyl sites for hydroxylation is 2. The molecule has 0 spiro atoms. The Morgan fingerprint density at radius 2 is 0.538 bits per heavy atom. The summed E-state index contributed by atoms with van der Waals surface area (Å²) in [4.78, 5) is 21.3. The van der Waals surface area contributed by atoms with E-state index in [1.165, 1.54) is 11.1 Å². The predicted octanol–water partition coefficient (Wildman–Crippen LogP) is 18.3. The van der Waals surface area contributed by atoms with Crippen LogP contribution in [0.5, 0.6) is 0 Å². The van der Waals surface area contributed by atoms with Gasteiger partial charge in [-0.2, -0.15) is 0 Å². The highest BCUT2D eigenvalue weighted by Crippen LogP contribution is 2.40. The van der Waals surface area contributed by atoms with Crippen LogP contribution in [0.4, 0.5) is 0 Å². The zero-order valence-electron chi connectivity index (χ0n) is 43.1. The van der Waals surface area contributed by atoms with Crippen molar-refractivity contribution in [2.24, 2.45) is 0 Å². The third kappa shape index (κ3) is 8.52. The van der Waals surface area contributed by atoms with Crippen molar-refractivity contribution in [1.29, 1.82) is 0 Å². The molecule has 0 saturated heterocycles. The number of benzene rings is 11. The van der Waals surface area contributed by atoms with Gasteiger partial charge in [0.25, 0.3) is 0 Å². The molecule has 0 radical (unpaired) electrons. The molecular formula is C72H50N6. The van der Waals surface area contributed by atoms with Crippen LogP contribution in [0.1, 0.15) is 11.1 Å². The second kappa shape index (κ2) is 19.4. The molecule has 14 rings (SSSR count). The van der Waals surface area contributed by atoms with Gasteiger partial charge in [0.2, 0.25) is 0 Å². The molecule has 0 atom stereocenters. The van der Waals surface area contributed by atoms with Crippen molar-refractivity contribution in [3.05, 3.63) is 278 Å². The summed E-state index contributed by atoms with van der Waals surface area (Å²) in [7, 11) is 0. The molecular weight excluding hydrogens is 949 g/mol. The number of hydrogen-bond acceptors (Lipinski definition) is 4. The molecule has 0 N–H and O–H groups in total. The monoisotopic (exact) mass is 998 g/mol. The minimum Gasteiger partial charge on any atom is -0.292 e. The quantitative estimate of drug-likeness (QED) is 0.137. The molecule has 0 bridgehead atoms. The molecule has 14 aromatic rings. The number of fused-ring (bicyclic) bond motifs is 3. The van der Waals surface area contributed by atoms with Crippen molar-refractivity contribution in [2.45, 2.75) is 13.8 Å². The molecule has 0 aliphatic carbocycles. The summed E-state index contributed by atoms with van der Waals surface area (Å²) in [5.41, 5.74) is 25.0. The Kier molecular flexibility index (Phi) is 11.5. The minimum absolute atomic E-state index is 0.820. The second-order valence-electron chi connectivity index (χ2n) is 20.0. The van der Waals surface area contributed by atoms with Crippen LogP contribution in [-0.2, 0) is 0 Å². The van der Waals surface area contributed by atoms with Crippen molar-refractivity contribution >= 4 is 33.1 Å². The third-order valence-corrected chi connectivity index (χ3v) is 14.9. The average Bonchev–Trinajstić information content (AvgIpc) is 4.12. The highest BCUT2D eigenvalue weighted by molar-refractivity contribution is 5.96. The normalized spacial score (nSPS) is 11.5. The number of rotatable bonds is 10. The summed E-state index contributed by atoms with van der Waals surface area (Å²) in [6.07, 6.45) is 0. The van der Waals surface area contributed by atoms with Crippen molar-refractivity contribution in [3.63, 3.8) is 0 Å². The van der Waals surface area contributed by atoms with Crippen LogP contribution in [0.15, 0.2) is 267 Å². The van der Waals surface area contributed by atoms with Crippen LogP contribution in [-0.4, -0.2) is 29.1 Å². The largest absolute Gasteiger partial charge is 0.292 e. The van der Waals surface area contributed by atoms with E-state index in [2.05, 4.69) is 266 Å². The fourth-order valence-corrected chi connectivity index (χ4v) is 10.8. The van der Waals surface area contributed by atoms with Gasteiger partial charge in [-0.1, -0.05) is 217 Å². The van der Waals surface area contributed by atoms with Crippen molar-refractivity contribution < 1.29 is 0 Å². The van der Waals surface area contributed by atoms with Crippen LogP contribution in [0.25, 0.3) is 134 Å². The Bertz CT molecular complexity index is 4190. The Morgan fingerprint density at radius 3 is 0.897 bits per heavy atom. The van der Waals surface area contributed by atoms with Gasteiger partial charge >= 0.3 is 0 Å². The van der Waals surface area contributed by atoms with Gasteiger partial charge in [-0.05, 0) is 119 Å². The van der Waals surface area contributed by atoms with E-state index in [9.17, 15) is 0 Å². The van der Waals surface area contributed by atoms with E-state index in [1.54, 1.807) is 0 Å². The highest BCUT2D eigenvalue weighted by Gasteiger charge is 2.20. The van der Waals surface area contributed by atoms with E-state index >= 15 is 0 Å². The summed E-state index contributed by atoms with van der Waals surface area (Å²) in [6.45, 7) is 4.26. The lowest BCUT2D eigenvalue weighted by Gasteiger charge is -2.16. The summed E-state index contributed by atoms with van der Waals surface area (Å²) in [5, 5.41) is 0. The molecule has 11 aromatic carbocycles. The van der Waals surface area contributed by atoms with Crippen molar-refractivity contribution in [1.82, 2.24) is 29.1 Å². The number of aromatic nitrogens is 6. The van der Waals surface area contributed by atoms with Crippen molar-refractivity contribution in [2.75, 3.05) is 0 Å². The lowest BCUT2D eigenvalue weighted by molar-refractivity contribution is 1.10. The van der Waals surface area contributed by atoms with Gasteiger partial charge in [-0.3, -0.25) is 9.13 Å². The fraction of sp³-hybridized carbons (Fsp3) is 0.0278.